The van der Waals surface area contributed by atoms with Crippen molar-refractivity contribution in [2.45, 2.75) is 26.9 Å². The molecule has 26 heavy (non-hydrogen) atoms. The third-order valence-electron chi connectivity index (χ3n) is 4.91. The summed E-state index contributed by atoms with van der Waals surface area (Å²) in [5.41, 5.74) is 3.81. The summed E-state index contributed by atoms with van der Waals surface area (Å²) in [6.45, 7) is 6.11. The zero-order chi connectivity index (χ0) is 18.3. The lowest BCUT2D eigenvalue weighted by Gasteiger charge is -2.04. The Hall–Kier alpha value is -2.46. The molecule has 0 atom stereocenters. The molecule has 0 saturated heterocycles. The fourth-order valence-corrected chi connectivity index (χ4v) is 3.80. The fourth-order valence-electron chi connectivity index (χ4n) is 3.54. The Labute approximate surface area is 161 Å². The number of aromatic nitrogens is 2. The van der Waals surface area contributed by atoms with Crippen molar-refractivity contribution in [3.63, 3.8) is 0 Å². The molecule has 4 heteroatoms. The molecule has 0 amide bonds. The highest BCUT2D eigenvalue weighted by molar-refractivity contribution is 9.10. The molecule has 4 rings (SSSR count). The SMILES string of the molecule is CCn1c2ccc(C(=O)c3ccc(Br)cc3)cc2c2c[n+](CC)ccc21. The first kappa shape index (κ1) is 17.0. The molecule has 4 aromatic rings. The predicted octanol–water partition coefficient (Wildman–Crippen LogP) is 5.12. The van der Waals surface area contributed by atoms with Crippen molar-refractivity contribution >= 4 is 43.5 Å². The van der Waals surface area contributed by atoms with Gasteiger partial charge in [0.2, 0.25) is 0 Å². The predicted molar refractivity (Wildman–Crippen MR) is 109 cm³/mol. The van der Waals surface area contributed by atoms with Gasteiger partial charge in [0.05, 0.1) is 10.9 Å². The van der Waals surface area contributed by atoms with E-state index in [0.717, 1.165) is 28.5 Å². The minimum absolute atomic E-state index is 0.0519. The molecule has 0 bridgehead atoms. The standard InChI is InChI=1S/C22H20BrN2O/c1-3-24-12-11-21-19(14-24)18-13-16(7-10-20(18)25(21)4-2)22(26)15-5-8-17(23)9-6-15/h5-14H,3-4H2,1-2H3/q+1. The highest BCUT2D eigenvalue weighted by atomic mass is 79.9. The molecule has 0 radical (unpaired) electrons. The molecule has 2 aromatic carbocycles. The van der Waals surface area contributed by atoms with E-state index < -0.39 is 0 Å². The molecule has 0 unspecified atom stereocenters. The Morgan fingerprint density at radius 2 is 1.65 bits per heavy atom. The van der Waals surface area contributed by atoms with E-state index in [-0.39, 0.29) is 5.78 Å². The van der Waals surface area contributed by atoms with Crippen molar-refractivity contribution in [2.75, 3.05) is 0 Å². The second-order valence-electron chi connectivity index (χ2n) is 6.39. The zero-order valence-corrected chi connectivity index (χ0v) is 16.5. The van der Waals surface area contributed by atoms with Gasteiger partial charge in [-0.15, -0.1) is 0 Å². The van der Waals surface area contributed by atoms with Gasteiger partial charge in [-0.2, -0.15) is 0 Å². The number of halogens is 1. The number of hydrogen-bond donors (Lipinski definition) is 0. The van der Waals surface area contributed by atoms with Crippen LogP contribution in [-0.4, -0.2) is 10.4 Å². The highest BCUT2D eigenvalue weighted by Gasteiger charge is 2.16. The van der Waals surface area contributed by atoms with E-state index >= 15 is 0 Å². The maximum atomic E-state index is 12.9. The Morgan fingerprint density at radius 3 is 2.35 bits per heavy atom. The number of fused-ring (bicyclic) bond motifs is 3. The van der Waals surface area contributed by atoms with Crippen LogP contribution in [0.3, 0.4) is 0 Å². The van der Waals surface area contributed by atoms with E-state index in [0.29, 0.717) is 5.56 Å². The first-order chi connectivity index (χ1) is 12.6. The van der Waals surface area contributed by atoms with Crippen LogP contribution in [0, 0.1) is 0 Å². The minimum Gasteiger partial charge on any atom is -0.340 e. The van der Waals surface area contributed by atoms with Crippen LogP contribution in [0.4, 0.5) is 0 Å². The molecular weight excluding hydrogens is 388 g/mol. The van der Waals surface area contributed by atoms with Crippen LogP contribution in [0.1, 0.15) is 29.8 Å². The van der Waals surface area contributed by atoms with Gasteiger partial charge in [-0.1, -0.05) is 15.9 Å². The Balaban J connectivity index is 1.92. The molecule has 0 aliphatic rings. The first-order valence-electron chi connectivity index (χ1n) is 8.87. The molecule has 3 nitrogen and oxygen atoms in total. The first-order valence-corrected chi connectivity index (χ1v) is 9.67. The second kappa shape index (κ2) is 6.69. The van der Waals surface area contributed by atoms with E-state index in [2.05, 4.69) is 63.4 Å². The molecule has 0 saturated carbocycles. The fraction of sp³-hybridized carbons (Fsp3) is 0.182. The van der Waals surface area contributed by atoms with Crippen LogP contribution < -0.4 is 4.57 Å². The van der Waals surface area contributed by atoms with Crippen LogP contribution in [0.2, 0.25) is 0 Å². The number of rotatable bonds is 4. The van der Waals surface area contributed by atoms with Gasteiger partial charge in [-0.3, -0.25) is 4.79 Å². The van der Waals surface area contributed by atoms with E-state index in [4.69, 9.17) is 0 Å². The Morgan fingerprint density at radius 1 is 0.962 bits per heavy atom. The Kier molecular flexibility index (Phi) is 4.37. The lowest BCUT2D eigenvalue weighted by molar-refractivity contribution is -0.692. The molecule has 0 spiro atoms. The molecule has 130 valence electrons. The number of benzene rings is 2. The summed E-state index contributed by atoms with van der Waals surface area (Å²) in [5.74, 6) is 0.0519. The van der Waals surface area contributed by atoms with Crippen molar-refractivity contribution in [3.05, 3.63) is 76.5 Å². The van der Waals surface area contributed by atoms with Crippen LogP contribution >= 0.6 is 15.9 Å². The topological polar surface area (TPSA) is 25.9 Å². The third kappa shape index (κ3) is 2.74. The number of aryl methyl sites for hydroxylation is 2. The third-order valence-corrected chi connectivity index (χ3v) is 5.44. The van der Waals surface area contributed by atoms with Gasteiger partial charge in [0.25, 0.3) is 0 Å². The van der Waals surface area contributed by atoms with E-state index in [1.165, 1.54) is 16.4 Å². The Bertz CT molecular complexity index is 1130. The number of carbonyl (C=O) groups excluding carboxylic acids is 1. The van der Waals surface area contributed by atoms with Crippen molar-refractivity contribution in [2.24, 2.45) is 0 Å². The summed E-state index contributed by atoms with van der Waals surface area (Å²) in [5, 5.41) is 2.32. The number of ketones is 1. The van der Waals surface area contributed by atoms with Crippen LogP contribution in [-0.2, 0) is 13.1 Å². The molecule has 0 aliphatic carbocycles. The number of carbonyl (C=O) groups is 1. The smallest absolute Gasteiger partial charge is 0.193 e. The van der Waals surface area contributed by atoms with Crippen LogP contribution in [0.25, 0.3) is 21.8 Å². The molecular formula is C22H20BrN2O+. The second-order valence-corrected chi connectivity index (χ2v) is 7.30. The number of nitrogens with zero attached hydrogens (tertiary/aromatic N) is 2. The van der Waals surface area contributed by atoms with Gasteiger partial charge < -0.3 is 4.57 Å². The van der Waals surface area contributed by atoms with Gasteiger partial charge in [0, 0.05) is 39.1 Å². The molecule has 0 fully saturated rings. The quantitative estimate of drug-likeness (QED) is 0.340. The summed E-state index contributed by atoms with van der Waals surface area (Å²) in [6.07, 6.45) is 4.29. The average molecular weight is 408 g/mol. The molecule has 2 aromatic heterocycles. The largest absolute Gasteiger partial charge is 0.340 e. The van der Waals surface area contributed by atoms with Crippen molar-refractivity contribution in [1.29, 1.82) is 0 Å². The van der Waals surface area contributed by atoms with Gasteiger partial charge in [-0.25, -0.2) is 4.57 Å². The van der Waals surface area contributed by atoms with Gasteiger partial charge >= 0.3 is 0 Å². The summed E-state index contributed by atoms with van der Waals surface area (Å²) in [4.78, 5) is 12.9. The minimum atomic E-state index is 0.0519. The van der Waals surface area contributed by atoms with E-state index in [1.54, 1.807) is 0 Å². The van der Waals surface area contributed by atoms with Crippen molar-refractivity contribution < 1.29 is 9.36 Å². The normalized spacial score (nSPS) is 11.3. The maximum Gasteiger partial charge on any atom is 0.193 e. The number of pyridine rings is 1. The van der Waals surface area contributed by atoms with E-state index in [1.807, 2.05) is 36.4 Å². The van der Waals surface area contributed by atoms with Crippen molar-refractivity contribution in [3.8, 4) is 0 Å². The van der Waals surface area contributed by atoms with Crippen LogP contribution in [0.15, 0.2) is 65.4 Å². The summed E-state index contributed by atoms with van der Waals surface area (Å²) < 4.78 is 5.45. The molecule has 0 N–H and O–H groups in total. The van der Waals surface area contributed by atoms with Gasteiger partial charge in [0.15, 0.2) is 18.2 Å². The summed E-state index contributed by atoms with van der Waals surface area (Å²) >= 11 is 3.42. The highest BCUT2D eigenvalue weighted by Crippen LogP contribution is 2.29. The zero-order valence-electron chi connectivity index (χ0n) is 14.9. The lowest BCUT2D eigenvalue weighted by atomic mass is 10.0. The van der Waals surface area contributed by atoms with Crippen LogP contribution in [0.5, 0.6) is 0 Å². The molecule has 0 aliphatic heterocycles. The summed E-state index contributed by atoms with van der Waals surface area (Å²) in [7, 11) is 0. The van der Waals surface area contributed by atoms with Crippen molar-refractivity contribution in [1.82, 2.24) is 4.57 Å². The number of hydrogen-bond acceptors (Lipinski definition) is 1. The summed E-state index contributed by atoms with van der Waals surface area (Å²) in [6, 6.07) is 15.7. The average Bonchev–Trinajstić information content (AvgIpc) is 3.00. The maximum absolute atomic E-state index is 12.9. The van der Waals surface area contributed by atoms with Gasteiger partial charge in [0.1, 0.15) is 6.54 Å². The lowest BCUT2D eigenvalue weighted by Crippen LogP contribution is -2.30. The molecule has 2 heterocycles. The van der Waals surface area contributed by atoms with E-state index in [9.17, 15) is 4.79 Å². The van der Waals surface area contributed by atoms with Gasteiger partial charge in [-0.05, 0) is 56.3 Å². The monoisotopic (exact) mass is 407 g/mol.